The van der Waals surface area contributed by atoms with E-state index in [9.17, 15) is 9.59 Å². The monoisotopic (exact) mass is 303 g/mol. The third-order valence-electron chi connectivity index (χ3n) is 4.13. The van der Waals surface area contributed by atoms with Crippen molar-refractivity contribution in [2.24, 2.45) is 5.92 Å². The molecule has 0 bridgehead atoms. The Morgan fingerprint density at radius 2 is 1.91 bits per heavy atom. The van der Waals surface area contributed by atoms with Crippen molar-refractivity contribution in [2.45, 2.75) is 6.42 Å². The quantitative estimate of drug-likeness (QED) is 0.862. The predicted molar refractivity (Wildman–Crippen MR) is 82.8 cm³/mol. The SMILES string of the molecule is O=C(Nc1ccc(C(=O)N2CCOCC2)cc1)C1CCNC1. The lowest BCUT2D eigenvalue weighted by Gasteiger charge is -2.26. The molecule has 22 heavy (non-hydrogen) atoms. The van der Waals surface area contributed by atoms with Gasteiger partial charge >= 0.3 is 0 Å². The first-order chi connectivity index (χ1) is 10.7. The van der Waals surface area contributed by atoms with E-state index < -0.39 is 0 Å². The normalized spacial score (nSPS) is 21.6. The van der Waals surface area contributed by atoms with Gasteiger partial charge in [0.15, 0.2) is 0 Å². The predicted octanol–water partition coefficient (Wildman–Crippen LogP) is 0.707. The minimum Gasteiger partial charge on any atom is -0.378 e. The number of carbonyl (C=O) groups is 2. The van der Waals surface area contributed by atoms with Crippen LogP contribution >= 0.6 is 0 Å². The highest BCUT2D eigenvalue weighted by Crippen LogP contribution is 2.15. The summed E-state index contributed by atoms with van der Waals surface area (Å²) < 4.78 is 5.25. The molecule has 118 valence electrons. The summed E-state index contributed by atoms with van der Waals surface area (Å²) >= 11 is 0. The molecule has 2 N–H and O–H groups in total. The highest BCUT2D eigenvalue weighted by molar-refractivity contribution is 5.96. The number of hydrogen-bond donors (Lipinski definition) is 2. The Morgan fingerprint density at radius 1 is 1.18 bits per heavy atom. The zero-order chi connectivity index (χ0) is 15.4. The van der Waals surface area contributed by atoms with Crippen LogP contribution in [-0.4, -0.2) is 56.1 Å². The summed E-state index contributed by atoms with van der Waals surface area (Å²) in [5.74, 6) is 0.0908. The molecule has 3 rings (SSSR count). The fourth-order valence-corrected chi connectivity index (χ4v) is 2.77. The van der Waals surface area contributed by atoms with E-state index in [1.165, 1.54) is 0 Å². The average molecular weight is 303 g/mol. The van der Waals surface area contributed by atoms with Crippen molar-refractivity contribution in [2.75, 3.05) is 44.7 Å². The van der Waals surface area contributed by atoms with Crippen molar-refractivity contribution < 1.29 is 14.3 Å². The van der Waals surface area contributed by atoms with Crippen molar-refractivity contribution >= 4 is 17.5 Å². The number of rotatable bonds is 3. The minimum absolute atomic E-state index is 0.0150. The third kappa shape index (κ3) is 3.45. The summed E-state index contributed by atoms with van der Waals surface area (Å²) in [6, 6.07) is 7.10. The van der Waals surface area contributed by atoms with Crippen LogP contribution in [0.3, 0.4) is 0 Å². The van der Waals surface area contributed by atoms with E-state index in [1.54, 1.807) is 29.2 Å². The van der Waals surface area contributed by atoms with Crippen LogP contribution < -0.4 is 10.6 Å². The van der Waals surface area contributed by atoms with E-state index in [0.29, 0.717) is 31.9 Å². The van der Waals surface area contributed by atoms with Crippen molar-refractivity contribution in [3.63, 3.8) is 0 Å². The Bertz CT molecular complexity index is 532. The van der Waals surface area contributed by atoms with Crippen LogP contribution in [0.2, 0.25) is 0 Å². The molecule has 6 nitrogen and oxygen atoms in total. The first-order valence-electron chi connectivity index (χ1n) is 7.73. The molecule has 0 aromatic heterocycles. The number of ether oxygens (including phenoxy) is 1. The number of amides is 2. The summed E-state index contributed by atoms with van der Waals surface area (Å²) in [7, 11) is 0. The van der Waals surface area contributed by atoms with E-state index in [4.69, 9.17) is 4.74 Å². The van der Waals surface area contributed by atoms with Gasteiger partial charge in [-0.3, -0.25) is 9.59 Å². The van der Waals surface area contributed by atoms with Crippen molar-refractivity contribution in [3.05, 3.63) is 29.8 Å². The fraction of sp³-hybridized carbons (Fsp3) is 0.500. The number of nitrogens with zero attached hydrogens (tertiary/aromatic N) is 1. The Labute approximate surface area is 129 Å². The van der Waals surface area contributed by atoms with E-state index in [-0.39, 0.29) is 17.7 Å². The van der Waals surface area contributed by atoms with Gasteiger partial charge in [-0.25, -0.2) is 0 Å². The average Bonchev–Trinajstić information content (AvgIpc) is 3.10. The maximum Gasteiger partial charge on any atom is 0.254 e. The number of hydrogen-bond acceptors (Lipinski definition) is 4. The van der Waals surface area contributed by atoms with Crippen LogP contribution in [0.5, 0.6) is 0 Å². The molecule has 1 atom stereocenters. The topological polar surface area (TPSA) is 70.7 Å². The smallest absolute Gasteiger partial charge is 0.254 e. The molecule has 2 heterocycles. The molecule has 2 aliphatic heterocycles. The number of anilines is 1. The van der Waals surface area contributed by atoms with Gasteiger partial charge in [-0.05, 0) is 37.2 Å². The van der Waals surface area contributed by atoms with Crippen molar-refractivity contribution in [1.82, 2.24) is 10.2 Å². The van der Waals surface area contributed by atoms with Crippen LogP contribution in [0.15, 0.2) is 24.3 Å². The Hall–Kier alpha value is -1.92. The van der Waals surface area contributed by atoms with Gasteiger partial charge in [0.1, 0.15) is 0 Å². The first kappa shape index (κ1) is 15.0. The van der Waals surface area contributed by atoms with Crippen molar-refractivity contribution in [3.8, 4) is 0 Å². The molecule has 2 aliphatic rings. The highest BCUT2D eigenvalue weighted by atomic mass is 16.5. The largest absolute Gasteiger partial charge is 0.378 e. The molecule has 2 saturated heterocycles. The van der Waals surface area contributed by atoms with Crippen molar-refractivity contribution in [1.29, 1.82) is 0 Å². The molecule has 2 fully saturated rings. The molecule has 0 radical (unpaired) electrons. The third-order valence-corrected chi connectivity index (χ3v) is 4.13. The van der Waals surface area contributed by atoms with Gasteiger partial charge in [0.2, 0.25) is 5.91 Å². The van der Waals surface area contributed by atoms with Crippen LogP contribution in [0.1, 0.15) is 16.8 Å². The Balaban J connectivity index is 1.59. The van der Waals surface area contributed by atoms with Crippen LogP contribution in [0.25, 0.3) is 0 Å². The van der Waals surface area contributed by atoms with Crippen LogP contribution in [-0.2, 0) is 9.53 Å². The molecule has 2 amide bonds. The van der Waals surface area contributed by atoms with Crippen LogP contribution in [0.4, 0.5) is 5.69 Å². The number of benzene rings is 1. The maximum absolute atomic E-state index is 12.3. The summed E-state index contributed by atoms with van der Waals surface area (Å²) in [6.07, 6.45) is 0.874. The molecule has 1 aromatic rings. The summed E-state index contributed by atoms with van der Waals surface area (Å²) in [5, 5.41) is 6.08. The second kappa shape index (κ2) is 6.89. The minimum atomic E-state index is 0.0150. The first-order valence-corrected chi connectivity index (χ1v) is 7.73. The second-order valence-electron chi connectivity index (χ2n) is 5.66. The Kier molecular flexibility index (Phi) is 4.70. The van der Waals surface area contributed by atoms with E-state index in [2.05, 4.69) is 10.6 Å². The highest BCUT2D eigenvalue weighted by Gasteiger charge is 2.22. The fourth-order valence-electron chi connectivity index (χ4n) is 2.77. The summed E-state index contributed by atoms with van der Waals surface area (Å²) in [4.78, 5) is 26.2. The second-order valence-corrected chi connectivity index (χ2v) is 5.66. The molecule has 0 saturated carbocycles. The molecule has 0 spiro atoms. The van der Waals surface area contributed by atoms with Gasteiger partial charge in [-0.1, -0.05) is 0 Å². The molecule has 0 aliphatic carbocycles. The number of carbonyl (C=O) groups excluding carboxylic acids is 2. The maximum atomic E-state index is 12.3. The lowest BCUT2D eigenvalue weighted by atomic mass is 10.1. The van der Waals surface area contributed by atoms with E-state index >= 15 is 0 Å². The number of nitrogens with one attached hydrogen (secondary N) is 2. The molecular formula is C16H21N3O3. The summed E-state index contributed by atoms with van der Waals surface area (Å²) in [6.45, 7) is 4.08. The lowest BCUT2D eigenvalue weighted by molar-refractivity contribution is -0.119. The van der Waals surface area contributed by atoms with Gasteiger partial charge in [0.05, 0.1) is 19.1 Å². The van der Waals surface area contributed by atoms with Gasteiger partial charge in [-0.15, -0.1) is 0 Å². The lowest BCUT2D eigenvalue weighted by Crippen LogP contribution is -2.40. The van der Waals surface area contributed by atoms with Gasteiger partial charge in [0, 0.05) is 30.9 Å². The molecule has 1 unspecified atom stereocenters. The molecule has 1 aromatic carbocycles. The van der Waals surface area contributed by atoms with Gasteiger partial charge < -0.3 is 20.3 Å². The van der Waals surface area contributed by atoms with Gasteiger partial charge in [-0.2, -0.15) is 0 Å². The Morgan fingerprint density at radius 3 is 2.55 bits per heavy atom. The van der Waals surface area contributed by atoms with Crippen LogP contribution in [0, 0.1) is 5.92 Å². The molecule has 6 heteroatoms. The van der Waals surface area contributed by atoms with E-state index in [1.807, 2.05) is 0 Å². The van der Waals surface area contributed by atoms with E-state index in [0.717, 1.165) is 25.2 Å². The summed E-state index contributed by atoms with van der Waals surface area (Å²) in [5.41, 5.74) is 1.37. The zero-order valence-corrected chi connectivity index (χ0v) is 12.5. The zero-order valence-electron chi connectivity index (χ0n) is 12.5. The number of morpholine rings is 1. The van der Waals surface area contributed by atoms with Gasteiger partial charge in [0.25, 0.3) is 5.91 Å². The standard InChI is InChI=1S/C16H21N3O3/c20-15(13-5-6-17-11-13)18-14-3-1-12(2-4-14)16(21)19-7-9-22-10-8-19/h1-4,13,17H,5-11H2,(H,18,20). The molecular weight excluding hydrogens is 282 g/mol.